The third-order valence-corrected chi connectivity index (χ3v) is 5.63. The molecule has 1 amide bonds. The van der Waals surface area contributed by atoms with E-state index >= 15 is 0 Å². The smallest absolute Gasteiger partial charge is 0.248 e. The molecule has 0 aliphatic heterocycles. The number of carbonyl (C=O) groups excluding carboxylic acids is 1. The Balaban J connectivity index is 2.23. The second kappa shape index (κ2) is 11.2. The maximum atomic E-state index is 12.3. The molecule has 0 saturated heterocycles. The molecule has 170 valence electrons. The van der Waals surface area contributed by atoms with Gasteiger partial charge in [-0.2, -0.15) is 5.26 Å². The summed E-state index contributed by atoms with van der Waals surface area (Å²) < 4.78 is 5.75. The number of nitrogens with zero attached hydrogens (tertiary/aromatic N) is 2. The van der Waals surface area contributed by atoms with E-state index < -0.39 is 0 Å². The number of allylic oxidation sites excluding steroid dienone is 1. The predicted octanol–water partition coefficient (Wildman–Crippen LogP) is 6.85. The highest BCUT2D eigenvalue weighted by molar-refractivity contribution is 6.42. The van der Waals surface area contributed by atoms with Crippen LogP contribution in [-0.4, -0.2) is 23.4 Å². The lowest BCUT2D eigenvalue weighted by Crippen LogP contribution is -2.10. The molecule has 9 heteroatoms. The van der Waals surface area contributed by atoms with Crippen LogP contribution in [0.5, 0.6) is 5.75 Å². The molecule has 0 radical (unpaired) electrons. The summed E-state index contributed by atoms with van der Waals surface area (Å²) in [6.07, 6.45) is 3.44. The number of rotatable bonds is 8. The van der Waals surface area contributed by atoms with Crippen LogP contribution in [0, 0.1) is 11.3 Å². The molecule has 6 nitrogen and oxygen atoms in total. The standard InChI is InChI=1S/C24H21Cl3N4O2/c1-3-19-16(13-28)24(29-14-7-8-17(26)18(27)10-14)15-11-21(31-23(32)6-5-9-25)22(33-4-2)12-20(15)30-19/h5-8,10-12H,3-4,9H2,1-2H3,(H,29,30)(H,31,32)/b6-5+. The first-order chi connectivity index (χ1) is 15.9. The SMILES string of the molecule is CCOc1cc2nc(CC)c(C#N)c(Nc3ccc(Cl)c(Cl)c3)c2cc1NC(=O)/C=C/CCl. The number of aromatic nitrogens is 1. The molecule has 0 fully saturated rings. The third-order valence-electron chi connectivity index (χ3n) is 4.71. The van der Waals surface area contributed by atoms with Crippen molar-refractivity contribution in [3.8, 4) is 11.8 Å². The number of carbonyl (C=O) groups is 1. The largest absolute Gasteiger partial charge is 0.492 e. The summed E-state index contributed by atoms with van der Waals surface area (Å²) in [5.41, 5.74) is 3.30. The van der Waals surface area contributed by atoms with Crippen molar-refractivity contribution in [1.29, 1.82) is 5.26 Å². The number of nitriles is 1. The van der Waals surface area contributed by atoms with Gasteiger partial charge in [-0.05, 0) is 37.6 Å². The lowest BCUT2D eigenvalue weighted by atomic mass is 10.0. The lowest BCUT2D eigenvalue weighted by Gasteiger charge is -2.18. The van der Waals surface area contributed by atoms with Crippen molar-refractivity contribution in [2.75, 3.05) is 23.1 Å². The van der Waals surface area contributed by atoms with Gasteiger partial charge in [0.25, 0.3) is 0 Å². The molecule has 3 aromatic rings. The van der Waals surface area contributed by atoms with Crippen LogP contribution < -0.4 is 15.4 Å². The van der Waals surface area contributed by atoms with E-state index in [2.05, 4.69) is 21.7 Å². The zero-order chi connectivity index (χ0) is 24.0. The number of halogens is 3. The highest BCUT2D eigenvalue weighted by Crippen LogP contribution is 2.38. The molecule has 0 unspecified atom stereocenters. The third kappa shape index (κ3) is 5.69. The van der Waals surface area contributed by atoms with Gasteiger partial charge in [0.15, 0.2) is 0 Å². The molecule has 3 rings (SSSR count). The van der Waals surface area contributed by atoms with Crippen molar-refractivity contribution in [3.63, 3.8) is 0 Å². The number of aryl methyl sites for hydroxylation is 1. The summed E-state index contributed by atoms with van der Waals surface area (Å²) in [6, 6.07) is 10.9. The minimum atomic E-state index is -0.353. The Morgan fingerprint density at radius 3 is 2.64 bits per heavy atom. The number of benzene rings is 2. The van der Waals surface area contributed by atoms with E-state index in [0.717, 1.165) is 0 Å². The topological polar surface area (TPSA) is 87.0 Å². The van der Waals surface area contributed by atoms with Gasteiger partial charge in [-0.25, -0.2) is 0 Å². The summed E-state index contributed by atoms with van der Waals surface area (Å²) in [5.74, 6) is 0.335. The van der Waals surface area contributed by atoms with Gasteiger partial charge in [0.2, 0.25) is 5.91 Å². The van der Waals surface area contributed by atoms with E-state index in [-0.39, 0.29) is 11.8 Å². The number of ether oxygens (including phenoxy) is 1. The molecule has 33 heavy (non-hydrogen) atoms. The van der Waals surface area contributed by atoms with E-state index in [1.165, 1.54) is 6.08 Å². The summed E-state index contributed by atoms with van der Waals surface area (Å²) in [5, 5.41) is 17.5. The molecule has 0 spiro atoms. The molecule has 2 N–H and O–H groups in total. The molecule has 1 heterocycles. The van der Waals surface area contributed by atoms with Crippen LogP contribution in [0.1, 0.15) is 25.1 Å². The number of hydrogen-bond donors (Lipinski definition) is 2. The van der Waals surface area contributed by atoms with Crippen LogP contribution in [0.25, 0.3) is 10.9 Å². The maximum Gasteiger partial charge on any atom is 0.248 e. The Morgan fingerprint density at radius 1 is 1.21 bits per heavy atom. The predicted molar refractivity (Wildman–Crippen MR) is 135 cm³/mol. The number of alkyl halides is 1. The van der Waals surface area contributed by atoms with E-state index in [1.54, 1.807) is 36.4 Å². The molecule has 0 bridgehead atoms. The zero-order valence-electron chi connectivity index (χ0n) is 18.0. The monoisotopic (exact) mass is 502 g/mol. The van der Waals surface area contributed by atoms with Crippen LogP contribution in [0.15, 0.2) is 42.5 Å². The lowest BCUT2D eigenvalue weighted by molar-refractivity contribution is -0.111. The van der Waals surface area contributed by atoms with E-state index in [0.29, 0.717) is 68.0 Å². The highest BCUT2D eigenvalue weighted by atomic mass is 35.5. The Morgan fingerprint density at radius 2 is 2.00 bits per heavy atom. The van der Waals surface area contributed by atoms with Gasteiger partial charge in [-0.3, -0.25) is 9.78 Å². The minimum absolute atomic E-state index is 0.219. The van der Waals surface area contributed by atoms with Crippen LogP contribution in [0.2, 0.25) is 10.0 Å². The van der Waals surface area contributed by atoms with Gasteiger partial charge in [-0.1, -0.05) is 36.2 Å². The number of fused-ring (bicyclic) bond motifs is 1. The van der Waals surface area contributed by atoms with Crippen LogP contribution in [0.3, 0.4) is 0 Å². The van der Waals surface area contributed by atoms with Crippen molar-refractivity contribution in [2.45, 2.75) is 20.3 Å². The van der Waals surface area contributed by atoms with E-state index in [4.69, 9.17) is 39.5 Å². The van der Waals surface area contributed by atoms with Crippen molar-refractivity contribution in [1.82, 2.24) is 4.98 Å². The second-order valence-electron chi connectivity index (χ2n) is 6.87. The Kier molecular flexibility index (Phi) is 8.40. The molecule has 2 aromatic carbocycles. The fourth-order valence-electron chi connectivity index (χ4n) is 3.26. The van der Waals surface area contributed by atoms with Gasteiger partial charge < -0.3 is 15.4 Å². The fourth-order valence-corrected chi connectivity index (χ4v) is 3.65. The molecule has 0 aliphatic carbocycles. The fraction of sp³-hybridized carbons (Fsp3) is 0.208. The van der Waals surface area contributed by atoms with Gasteiger partial charge in [-0.15, -0.1) is 11.6 Å². The molecule has 1 aromatic heterocycles. The van der Waals surface area contributed by atoms with Gasteiger partial charge >= 0.3 is 0 Å². The summed E-state index contributed by atoms with van der Waals surface area (Å²) in [7, 11) is 0. The highest BCUT2D eigenvalue weighted by Gasteiger charge is 2.18. The van der Waals surface area contributed by atoms with E-state index in [9.17, 15) is 10.1 Å². The number of anilines is 3. The van der Waals surface area contributed by atoms with Crippen molar-refractivity contribution in [3.05, 3.63) is 63.8 Å². The summed E-state index contributed by atoms with van der Waals surface area (Å²) >= 11 is 17.9. The first kappa shape index (κ1) is 24.7. The van der Waals surface area contributed by atoms with E-state index in [1.807, 2.05) is 13.8 Å². The number of amides is 1. The van der Waals surface area contributed by atoms with Gasteiger partial charge in [0, 0.05) is 29.1 Å². The maximum absolute atomic E-state index is 12.3. The number of nitrogens with one attached hydrogen (secondary N) is 2. The first-order valence-corrected chi connectivity index (χ1v) is 11.5. The average molecular weight is 504 g/mol. The number of hydrogen-bond acceptors (Lipinski definition) is 5. The normalized spacial score (nSPS) is 10.9. The molecule has 0 atom stereocenters. The van der Waals surface area contributed by atoms with Crippen molar-refractivity contribution >= 4 is 68.7 Å². The zero-order valence-corrected chi connectivity index (χ0v) is 20.3. The Hall–Kier alpha value is -2.98. The quantitative estimate of drug-likeness (QED) is 0.259. The second-order valence-corrected chi connectivity index (χ2v) is 8.00. The van der Waals surface area contributed by atoms with Gasteiger partial charge in [0.1, 0.15) is 11.8 Å². The molecule has 0 saturated carbocycles. The molecular weight excluding hydrogens is 483 g/mol. The summed E-state index contributed by atoms with van der Waals surface area (Å²) in [4.78, 5) is 17.0. The Bertz CT molecular complexity index is 1270. The molecular formula is C24H21Cl3N4O2. The minimum Gasteiger partial charge on any atom is -0.492 e. The van der Waals surface area contributed by atoms with Crippen molar-refractivity contribution < 1.29 is 9.53 Å². The molecule has 0 aliphatic rings. The average Bonchev–Trinajstić information content (AvgIpc) is 2.80. The van der Waals surface area contributed by atoms with Crippen LogP contribution >= 0.6 is 34.8 Å². The van der Waals surface area contributed by atoms with Crippen LogP contribution in [-0.2, 0) is 11.2 Å². The Labute approximate surface area is 207 Å². The van der Waals surface area contributed by atoms with Gasteiger partial charge in [0.05, 0.1) is 44.8 Å². The summed E-state index contributed by atoms with van der Waals surface area (Å²) in [6.45, 7) is 4.18. The first-order valence-electron chi connectivity index (χ1n) is 10.2. The number of pyridine rings is 1. The van der Waals surface area contributed by atoms with Crippen molar-refractivity contribution in [2.24, 2.45) is 0 Å². The van der Waals surface area contributed by atoms with Crippen LogP contribution in [0.4, 0.5) is 17.1 Å².